The standard InChI is InChI=1S/C13H13BrN2O/c1-16(13-12(14)7-4-8-15-13)10-5-3-6-11(9-10)17-2/h3-9H,1-2H3. The van der Waals surface area contributed by atoms with E-state index in [4.69, 9.17) is 4.74 Å². The summed E-state index contributed by atoms with van der Waals surface area (Å²) in [5, 5.41) is 0. The topological polar surface area (TPSA) is 25.4 Å². The van der Waals surface area contributed by atoms with Crippen LogP contribution in [0.3, 0.4) is 0 Å². The summed E-state index contributed by atoms with van der Waals surface area (Å²) in [5.41, 5.74) is 1.03. The normalized spacial score (nSPS) is 10.1. The zero-order chi connectivity index (χ0) is 12.3. The Bertz CT molecular complexity index is 516. The fraction of sp³-hybridized carbons (Fsp3) is 0.154. The SMILES string of the molecule is COc1cccc(N(C)c2ncccc2Br)c1. The van der Waals surface area contributed by atoms with Gasteiger partial charge in [-0.05, 0) is 40.2 Å². The Balaban J connectivity index is 2.37. The van der Waals surface area contributed by atoms with E-state index in [-0.39, 0.29) is 0 Å². The minimum absolute atomic E-state index is 0.835. The van der Waals surface area contributed by atoms with Crippen molar-refractivity contribution in [3.63, 3.8) is 0 Å². The molecule has 0 N–H and O–H groups in total. The number of methoxy groups -OCH3 is 1. The molecule has 0 bridgehead atoms. The number of anilines is 2. The van der Waals surface area contributed by atoms with Crippen LogP contribution in [0.5, 0.6) is 5.75 Å². The van der Waals surface area contributed by atoms with Crippen molar-refractivity contribution >= 4 is 27.4 Å². The first-order valence-corrected chi connectivity index (χ1v) is 6.00. The molecule has 0 aliphatic heterocycles. The molecular weight excluding hydrogens is 280 g/mol. The largest absolute Gasteiger partial charge is 0.497 e. The summed E-state index contributed by atoms with van der Waals surface area (Å²) >= 11 is 3.49. The summed E-state index contributed by atoms with van der Waals surface area (Å²) in [7, 11) is 3.64. The van der Waals surface area contributed by atoms with Gasteiger partial charge in [0.05, 0.1) is 11.6 Å². The molecule has 1 aromatic carbocycles. The Kier molecular flexibility index (Phi) is 3.64. The van der Waals surface area contributed by atoms with Gasteiger partial charge < -0.3 is 9.64 Å². The van der Waals surface area contributed by atoms with Gasteiger partial charge in [-0.25, -0.2) is 4.98 Å². The molecule has 2 aromatic rings. The second-order valence-corrected chi connectivity index (χ2v) is 4.42. The van der Waals surface area contributed by atoms with Gasteiger partial charge in [0.2, 0.25) is 0 Å². The maximum atomic E-state index is 5.21. The lowest BCUT2D eigenvalue weighted by Crippen LogP contribution is -2.11. The van der Waals surface area contributed by atoms with E-state index in [2.05, 4.69) is 20.9 Å². The average Bonchev–Trinajstić information content (AvgIpc) is 2.38. The minimum Gasteiger partial charge on any atom is -0.497 e. The Morgan fingerprint density at radius 2 is 2.06 bits per heavy atom. The third kappa shape index (κ3) is 2.58. The molecule has 1 aromatic heterocycles. The molecular formula is C13H13BrN2O. The molecule has 17 heavy (non-hydrogen) atoms. The summed E-state index contributed by atoms with van der Waals surface area (Å²) in [5.74, 6) is 1.71. The Labute approximate surface area is 109 Å². The molecule has 0 fully saturated rings. The van der Waals surface area contributed by atoms with E-state index >= 15 is 0 Å². The molecule has 0 aliphatic carbocycles. The molecule has 0 spiro atoms. The van der Waals surface area contributed by atoms with Crippen molar-refractivity contribution in [2.24, 2.45) is 0 Å². The van der Waals surface area contributed by atoms with Crippen molar-refractivity contribution in [3.05, 3.63) is 47.1 Å². The molecule has 0 saturated heterocycles. The quantitative estimate of drug-likeness (QED) is 0.864. The van der Waals surface area contributed by atoms with E-state index in [9.17, 15) is 0 Å². The highest BCUT2D eigenvalue weighted by molar-refractivity contribution is 9.10. The highest BCUT2D eigenvalue weighted by Crippen LogP contribution is 2.29. The number of rotatable bonds is 3. The number of nitrogens with zero attached hydrogens (tertiary/aromatic N) is 2. The van der Waals surface area contributed by atoms with Gasteiger partial charge in [-0.1, -0.05) is 6.07 Å². The fourth-order valence-electron chi connectivity index (χ4n) is 1.57. The molecule has 0 aliphatic rings. The zero-order valence-corrected chi connectivity index (χ0v) is 11.3. The highest BCUT2D eigenvalue weighted by Gasteiger charge is 2.09. The molecule has 0 unspecified atom stereocenters. The number of halogens is 1. The molecule has 2 rings (SSSR count). The summed E-state index contributed by atoms with van der Waals surface area (Å²) in [6.45, 7) is 0. The van der Waals surface area contributed by atoms with Gasteiger partial charge >= 0.3 is 0 Å². The van der Waals surface area contributed by atoms with Gasteiger partial charge in [-0.3, -0.25) is 0 Å². The van der Waals surface area contributed by atoms with Crippen LogP contribution in [0.4, 0.5) is 11.5 Å². The summed E-state index contributed by atoms with van der Waals surface area (Å²) in [4.78, 5) is 6.35. The van der Waals surface area contributed by atoms with E-state index in [0.717, 1.165) is 21.7 Å². The van der Waals surface area contributed by atoms with Crippen molar-refractivity contribution in [1.82, 2.24) is 4.98 Å². The lowest BCUT2D eigenvalue weighted by molar-refractivity contribution is 0.415. The lowest BCUT2D eigenvalue weighted by atomic mass is 10.2. The number of benzene rings is 1. The smallest absolute Gasteiger partial charge is 0.147 e. The van der Waals surface area contributed by atoms with Gasteiger partial charge in [-0.2, -0.15) is 0 Å². The summed E-state index contributed by atoms with van der Waals surface area (Å²) < 4.78 is 6.18. The molecule has 0 radical (unpaired) electrons. The number of hydrogen-bond acceptors (Lipinski definition) is 3. The predicted octanol–water partition coefficient (Wildman–Crippen LogP) is 3.62. The maximum absolute atomic E-state index is 5.21. The maximum Gasteiger partial charge on any atom is 0.147 e. The first-order valence-electron chi connectivity index (χ1n) is 5.20. The number of hydrogen-bond donors (Lipinski definition) is 0. The van der Waals surface area contributed by atoms with Crippen LogP contribution in [0, 0.1) is 0 Å². The van der Waals surface area contributed by atoms with Gasteiger partial charge in [0.15, 0.2) is 0 Å². The molecule has 88 valence electrons. The lowest BCUT2D eigenvalue weighted by Gasteiger charge is -2.19. The highest BCUT2D eigenvalue weighted by atomic mass is 79.9. The van der Waals surface area contributed by atoms with Crippen LogP contribution in [0.25, 0.3) is 0 Å². The molecule has 0 amide bonds. The van der Waals surface area contributed by atoms with Crippen molar-refractivity contribution in [2.45, 2.75) is 0 Å². The number of ether oxygens (including phenoxy) is 1. The first-order chi connectivity index (χ1) is 8.22. The van der Waals surface area contributed by atoms with E-state index in [1.807, 2.05) is 48.3 Å². The van der Waals surface area contributed by atoms with E-state index < -0.39 is 0 Å². The van der Waals surface area contributed by atoms with Gasteiger partial charge in [0.1, 0.15) is 11.6 Å². The van der Waals surface area contributed by atoms with Crippen molar-refractivity contribution in [1.29, 1.82) is 0 Å². The van der Waals surface area contributed by atoms with Gasteiger partial charge in [-0.15, -0.1) is 0 Å². The molecule has 3 nitrogen and oxygen atoms in total. The predicted molar refractivity (Wildman–Crippen MR) is 73.0 cm³/mol. The number of aromatic nitrogens is 1. The monoisotopic (exact) mass is 292 g/mol. The average molecular weight is 293 g/mol. The van der Waals surface area contributed by atoms with Gasteiger partial charge in [0, 0.05) is 25.0 Å². The number of pyridine rings is 1. The van der Waals surface area contributed by atoms with Crippen molar-refractivity contribution in [3.8, 4) is 5.75 Å². The van der Waals surface area contributed by atoms with Crippen LogP contribution in [0.15, 0.2) is 47.1 Å². The third-order valence-corrected chi connectivity index (χ3v) is 3.12. The minimum atomic E-state index is 0.835. The second kappa shape index (κ2) is 5.19. The fourth-order valence-corrected chi connectivity index (χ4v) is 2.09. The van der Waals surface area contributed by atoms with Crippen LogP contribution in [0.2, 0.25) is 0 Å². The third-order valence-electron chi connectivity index (χ3n) is 2.50. The van der Waals surface area contributed by atoms with Crippen LogP contribution < -0.4 is 9.64 Å². The zero-order valence-electron chi connectivity index (χ0n) is 9.72. The van der Waals surface area contributed by atoms with Crippen LogP contribution in [0.1, 0.15) is 0 Å². The molecule has 4 heteroatoms. The second-order valence-electron chi connectivity index (χ2n) is 3.57. The molecule has 1 heterocycles. The van der Waals surface area contributed by atoms with Crippen molar-refractivity contribution < 1.29 is 4.74 Å². The molecule has 0 saturated carbocycles. The van der Waals surface area contributed by atoms with E-state index in [1.54, 1.807) is 13.3 Å². The Morgan fingerprint density at radius 3 is 2.76 bits per heavy atom. The Hall–Kier alpha value is -1.55. The van der Waals surface area contributed by atoms with Crippen molar-refractivity contribution in [2.75, 3.05) is 19.1 Å². The summed E-state index contributed by atoms with van der Waals surface area (Å²) in [6, 6.07) is 11.7. The summed E-state index contributed by atoms with van der Waals surface area (Å²) in [6.07, 6.45) is 1.77. The molecule has 0 atom stereocenters. The van der Waals surface area contributed by atoms with E-state index in [0.29, 0.717) is 0 Å². The first kappa shape index (κ1) is 11.9. The van der Waals surface area contributed by atoms with Crippen LogP contribution in [-0.2, 0) is 0 Å². The van der Waals surface area contributed by atoms with Gasteiger partial charge in [0.25, 0.3) is 0 Å². The van der Waals surface area contributed by atoms with Crippen LogP contribution in [-0.4, -0.2) is 19.1 Å². The van der Waals surface area contributed by atoms with E-state index in [1.165, 1.54) is 0 Å². The van der Waals surface area contributed by atoms with Crippen LogP contribution >= 0.6 is 15.9 Å². The Morgan fingerprint density at radius 1 is 1.24 bits per heavy atom.